The highest BCUT2D eigenvalue weighted by molar-refractivity contribution is 7.17. The maximum Gasteiger partial charge on any atom is 0.261 e. The first-order valence-corrected chi connectivity index (χ1v) is 10.7. The number of thiophene rings is 1. The van der Waals surface area contributed by atoms with Gasteiger partial charge < -0.3 is 20.1 Å². The fourth-order valence-corrected chi connectivity index (χ4v) is 3.96. The predicted octanol–water partition coefficient (Wildman–Crippen LogP) is 4.90. The fraction of sp³-hybridized carbons (Fsp3) is 0.125. The zero-order chi connectivity index (χ0) is 22.3. The molecule has 2 aromatic carbocycles. The summed E-state index contributed by atoms with van der Waals surface area (Å²) < 4.78 is 10.5. The molecule has 162 valence electrons. The van der Waals surface area contributed by atoms with Crippen LogP contribution in [0.15, 0.2) is 72.9 Å². The normalized spacial score (nSPS) is 10.4. The molecule has 2 heterocycles. The first-order chi connectivity index (χ1) is 15.7. The van der Waals surface area contributed by atoms with Crippen molar-refractivity contribution in [2.75, 3.05) is 19.5 Å². The second-order valence-corrected chi connectivity index (χ2v) is 7.86. The van der Waals surface area contributed by atoms with Crippen LogP contribution in [0.5, 0.6) is 11.5 Å². The van der Waals surface area contributed by atoms with Gasteiger partial charge in [0.25, 0.3) is 5.91 Å². The van der Waals surface area contributed by atoms with E-state index in [1.807, 2.05) is 60.7 Å². The number of carbonyl (C=O) groups is 1. The van der Waals surface area contributed by atoms with Crippen molar-refractivity contribution in [3.63, 3.8) is 0 Å². The average Bonchev–Trinajstić information content (AvgIpc) is 3.34. The molecule has 0 bridgehead atoms. The minimum atomic E-state index is -0.141. The highest BCUT2D eigenvalue weighted by atomic mass is 32.1. The van der Waals surface area contributed by atoms with Gasteiger partial charge in [-0.1, -0.05) is 18.2 Å². The standard InChI is InChI=1S/C24H22N4O3S/c1-30-18-9-7-17(8-10-18)27-24-25-14-13-19(28-24)21-11-12-22(32-21)23(29)26-15-16-5-3-4-6-20(16)31-2/h3-14H,15H2,1-2H3,(H,26,29)(H,25,27,28). The second kappa shape index (κ2) is 9.93. The Morgan fingerprint density at radius 2 is 1.78 bits per heavy atom. The van der Waals surface area contributed by atoms with Crippen molar-refractivity contribution in [2.45, 2.75) is 6.54 Å². The lowest BCUT2D eigenvalue weighted by atomic mass is 10.2. The minimum Gasteiger partial charge on any atom is -0.497 e. The Morgan fingerprint density at radius 3 is 2.56 bits per heavy atom. The number of nitrogens with zero attached hydrogens (tertiary/aromatic N) is 2. The Bertz CT molecular complexity index is 1210. The molecule has 0 aliphatic rings. The lowest BCUT2D eigenvalue weighted by molar-refractivity contribution is 0.0954. The smallest absolute Gasteiger partial charge is 0.261 e. The van der Waals surface area contributed by atoms with Gasteiger partial charge in [0.15, 0.2) is 0 Å². The van der Waals surface area contributed by atoms with Gasteiger partial charge in [-0.3, -0.25) is 4.79 Å². The van der Waals surface area contributed by atoms with Crippen LogP contribution in [0.25, 0.3) is 10.6 Å². The van der Waals surface area contributed by atoms with E-state index in [4.69, 9.17) is 9.47 Å². The highest BCUT2D eigenvalue weighted by Crippen LogP contribution is 2.28. The van der Waals surface area contributed by atoms with Crippen molar-refractivity contribution < 1.29 is 14.3 Å². The van der Waals surface area contributed by atoms with Gasteiger partial charge in [0.1, 0.15) is 11.5 Å². The number of ether oxygens (including phenoxy) is 2. The van der Waals surface area contributed by atoms with Gasteiger partial charge in [0.05, 0.1) is 29.7 Å². The Hall–Kier alpha value is -3.91. The zero-order valence-electron chi connectivity index (χ0n) is 17.7. The number of hydrogen-bond donors (Lipinski definition) is 2. The number of nitrogens with one attached hydrogen (secondary N) is 2. The summed E-state index contributed by atoms with van der Waals surface area (Å²) in [6.07, 6.45) is 1.69. The molecule has 1 amide bonds. The molecule has 32 heavy (non-hydrogen) atoms. The number of hydrogen-bond acceptors (Lipinski definition) is 7. The Morgan fingerprint density at radius 1 is 0.969 bits per heavy atom. The molecular formula is C24H22N4O3S. The molecule has 0 unspecified atom stereocenters. The summed E-state index contributed by atoms with van der Waals surface area (Å²) in [5, 5.41) is 6.12. The van der Waals surface area contributed by atoms with Crippen molar-refractivity contribution in [3.8, 4) is 22.1 Å². The number of benzene rings is 2. The van der Waals surface area contributed by atoms with Crippen LogP contribution < -0.4 is 20.1 Å². The van der Waals surface area contributed by atoms with Crippen LogP contribution in [0.3, 0.4) is 0 Å². The molecule has 0 aliphatic carbocycles. The number of methoxy groups -OCH3 is 2. The van der Waals surface area contributed by atoms with Gasteiger partial charge >= 0.3 is 0 Å². The number of rotatable bonds is 8. The largest absolute Gasteiger partial charge is 0.497 e. The molecule has 0 atom stereocenters. The molecule has 0 spiro atoms. The van der Waals surface area contributed by atoms with E-state index >= 15 is 0 Å². The Balaban J connectivity index is 1.43. The summed E-state index contributed by atoms with van der Waals surface area (Å²) in [5.41, 5.74) is 2.51. The van der Waals surface area contributed by atoms with Gasteiger partial charge in [-0.15, -0.1) is 11.3 Å². The maximum absolute atomic E-state index is 12.6. The summed E-state index contributed by atoms with van der Waals surface area (Å²) in [7, 11) is 3.24. The van der Waals surface area contributed by atoms with Gasteiger partial charge in [-0.25, -0.2) is 9.97 Å². The number of amides is 1. The molecular weight excluding hydrogens is 424 g/mol. The van der Waals surface area contributed by atoms with E-state index in [2.05, 4.69) is 20.6 Å². The van der Waals surface area contributed by atoms with E-state index in [1.54, 1.807) is 26.5 Å². The third-order valence-corrected chi connectivity index (χ3v) is 5.82. The van der Waals surface area contributed by atoms with Crippen molar-refractivity contribution in [1.29, 1.82) is 0 Å². The van der Waals surface area contributed by atoms with Crippen molar-refractivity contribution in [2.24, 2.45) is 0 Å². The third kappa shape index (κ3) is 5.04. The van der Waals surface area contributed by atoms with Crippen molar-refractivity contribution >= 4 is 28.9 Å². The van der Waals surface area contributed by atoms with E-state index in [0.29, 0.717) is 17.4 Å². The average molecular weight is 447 g/mol. The summed E-state index contributed by atoms with van der Waals surface area (Å²) in [5.74, 6) is 1.86. The monoisotopic (exact) mass is 446 g/mol. The third-order valence-electron chi connectivity index (χ3n) is 4.72. The number of carbonyl (C=O) groups excluding carboxylic acids is 1. The van der Waals surface area contributed by atoms with Crippen LogP contribution >= 0.6 is 11.3 Å². The summed E-state index contributed by atoms with van der Waals surface area (Å²) >= 11 is 1.38. The number of para-hydroxylation sites is 1. The first kappa shape index (κ1) is 21.3. The van der Waals surface area contributed by atoms with E-state index in [0.717, 1.165) is 33.3 Å². The number of anilines is 2. The molecule has 2 N–H and O–H groups in total. The van der Waals surface area contributed by atoms with Gasteiger partial charge in [-0.05, 0) is 48.5 Å². The van der Waals surface area contributed by atoms with E-state index in [1.165, 1.54) is 11.3 Å². The van der Waals surface area contributed by atoms with Crippen LogP contribution in [0.1, 0.15) is 15.2 Å². The predicted molar refractivity (Wildman–Crippen MR) is 126 cm³/mol. The van der Waals surface area contributed by atoms with E-state index < -0.39 is 0 Å². The second-order valence-electron chi connectivity index (χ2n) is 6.78. The molecule has 0 fully saturated rings. The van der Waals surface area contributed by atoms with E-state index in [9.17, 15) is 4.79 Å². The molecule has 0 saturated heterocycles. The lowest BCUT2D eigenvalue weighted by Gasteiger charge is -2.08. The first-order valence-electron chi connectivity index (χ1n) is 9.90. The summed E-state index contributed by atoms with van der Waals surface area (Å²) in [6, 6.07) is 20.6. The highest BCUT2D eigenvalue weighted by Gasteiger charge is 2.12. The maximum atomic E-state index is 12.6. The van der Waals surface area contributed by atoms with Gasteiger partial charge in [0.2, 0.25) is 5.95 Å². The summed E-state index contributed by atoms with van der Waals surface area (Å²) in [4.78, 5) is 23.0. The van der Waals surface area contributed by atoms with Crippen LogP contribution in [-0.2, 0) is 6.54 Å². The quantitative estimate of drug-likeness (QED) is 0.401. The summed E-state index contributed by atoms with van der Waals surface area (Å²) in [6.45, 7) is 0.388. The fourth-order valence-electron chi connectivity index (χ4n) is 3.07. The lowest BCUT2D eigenvalue weighted by Crippen LogP contribution is -2.22. The Kier molecular flexibility index (Phi) is 6.62. The molecule has 0 saturated carbocycles. The van der Waals surface area contributed by atoms with Crippen LogP contribution in [0, 0.1) is 0 Å². The number of aromatic nitrogens is 2. The molecule has 2 aromatic heterocycles. The van der Waals surface area contributed by atoms with Crippen molar-refractivity contribution in [3.05, 3.63) is 83.4 Å². The van der Waals surface area contributed by atoms with Crippen LogP contribution in [-0.4, -0.2) is 30.1 Å². The molecule has 4 rings (SSSR count). The van der Waals surface area contributed by atoms with Crippen LogP contribution in [0.2, 0.25) is 0 Å². The molecule has 8 heteroatoms. The zero-order valence-corrected chi connectivity index (χ0v) is 18.5. The van der Waals surface area contributed by atoms with E-state index in [-0.39, 0.29) is 5.91 Å². The molecule has 4 aromatic rings. The SMILES string of the molecule is COc1ccc(Nc2nccc(-c3ccc(C(=O)NCc4ccccc4OC)s3)n2)cc1. The molecule has 7 nitrogen and oxygen atoms in total. The topological polar surface area (TPSA) is 85.4 Å². The Labute approximate surface area is 190 Å². The molecule has 0 aliphatic heterocycles. The van der Waals surface area contributed by atoms with Crippen molar-refractivity contribution in [1.82, 2.24) is 15.3 Å². The van der Waals surface area contributed by atoms with Gasteiger partial charge in [0, 0.05) is 24.0 Å². The van der Waals surface area contributed by atoms with Crippen LogP contribution in [0.4, 0.5) is 11.6 Å². The van der Waals surface area contributed by atoms with Gasteiger partial charge in [-0.2, -0.15) is 0 Å². The molecule has 0 radical (unpaired) electrons. The minimum absolute atomic E-state index is 0.141.